The van der Waals surface area contributed by atoms with Crippen molar-refractivity contribution in [3.8, 4) is 0 Å². The fourth-order valence-electron chi connectivity index (χ4n) is 2.53. The second-order valence-electron chi connectivity index (χ2n) is 5.42. The Morgan fingerprint density at radius 3 is 2.60 bits per heavy atom. The fourth-order valence-corrected chi connectivity index (χ4v) is 4.15. The van der Waals surface area contributed by atoms with Gasteiger partial charge in [0.25, 0.3) is 0 Å². The molecule has 6 heteroatoms. The molecule has 0 saturated heterocycles. The standard InChI is InChI=1S/C14H19NO4S/c1-9(2)13(14(16)17)15-11-7-8-20(18,19)12-6-4-3-5-10(11)12/h3-6,9,11,13,15H,7-8H2,1-2H3,(H,16,17). The molecule has 0 bridgehead atoms. The van der Waals surface area contributed by atoms with E-state index in [9.17, 15) is 18.3 Å². The smallest absolute Gasteiger partial charge is 0.320 e. The van der Waals surface area contributed by atoms with Gasteiger partial charge in [0.05, 0.1) is 10.6 Å². The lowest BCUT2D eigenvalue weighted by molar-refractivity contribution is -0.140. The molecule has 0 radical (unpaired) electrons. The third-order valence-corrected chi connectivity index (χ3v) is 5.43. The van der Waals surface area contributed by atoms with Crippen LogP contribution < -0.4 is 5.32 Å². The zero-order chi connectivity index (χ0) is 14.9. The van der Waals surface area contributed by atoms with Gasteiger partial charge >= 0.3 is 5.97 Å². The van der Waals surface area contributed by atoms with E-state index in [0.717, 1.165) is 0 Å². The first-order valence-corrected chi connectivity index (χ1v) is 8.28. The lowest BCUT2D eigenvalue weighted by atomic mass is 9.98. The van der Waals surface area contributed by atoms with Gasteiger partial charge in [0, 0.05) is 6.04 Å². The number of hydrogen-bond donors (Lipinski definition) is 2. The molecule has 0 aliphatic carbocycles. The molecular formula is C14H19NO4S. The molecule has 0 aromatic heterocycles. The third kappa shape index (κ3) is 2.86. The van der Waals surface area contributed by atoms with E-state index in [1.807, 2.05) is 13.8 Å². The molecule has 2 N–H and O–H groups in total. The fraction of sp³-hybridized carbons (Fsp3) is 0.500. The summed E-state index contributed by atoms with van der Waals surface area (Å²) in [4.78, 5) is 11.6. The summed E-state index contributed by atoms with van der Waals surface area (Å²) in [7, 11) is -3.24. The van der Waals surface area contributed by atoms with Crippen LogP contribution in [0.1, 0.15) is 31.9 Å². The number of aliphatic carboxylic acids is 1. The predicted molar refractivity (Wildman–Crippen MR) is 75.3 cm³/mol. The Morgan fingerprint density at radius 1 is 1.35 bits per heavy atom. The van der Waals surface area contributed by atoms with Crippen molar-refractivity contribution in [2.45, 2.75) is 37.2 Å². The number of carboxylic acid groups (broad SMARTS) is 1. The maximum atomic E-state index is 12.0. The third-order valence-electron chi connectivity index (χ3n) is 3.62. The van der Waals surface area contributed by atoms with Crippen molar-refractivity contribution in [3.05, 3.63) is 29.8 Å². The first kappa shape index (κ1) is 15.0. The SMILES string of the molecule is CC(C)C(NC1CCS(=O)(=O)c2ccccc21)C(=O)O. The molecule has 1 heterocycles. The van der Waals surface area contributed by atoms with Gasteiger partial charge in [-0.3, -0.25) is 10.1 Å². The Hall–Kier alpha value is -1.40. The summed E-state index contributed by atoms with van der Waals surface area (Å²) >= 11 is 0. The minimum Gasteiger partial charge on any atom is -0.480 e. The van der Waals surface area contributed by atoms with E-state index in [2.05, 4.69) is 5.32 Å². The molecule has 0 amide bonds. The van der Waals surface area contributed by atoms with Crippen LogP contribution in [0.4, 0.5) is 0 Å². The van der Waals surface area contributed by atoms with Gasteiger partial charge in [-0.25, -0.2) is 8.42 Å². The Bertz CT molecular complexity index is 609. The highest BCUT2D eigenvalue weighted by Gasteiger charge is 2.33. The van der Waals surface area contributed by atoms with Crippen LogP contribution in [-0.2, 0) is 14.6 Å². The average molecular weight is 297 g/mol. The molecule has 2 atom stereocenters. The first-order valence-electron chi connectivity index (χ1n) is 6.63. The molecule has 0 saturated carbocycles. The predicted octanol–water partition coefficient (Wildman–Crippen LogP) is 1.60. The second-order valence-corrected chi connectivity index (χ2v) is 7.50. The zero-order valence-corrected chi connectivity index (χ0v) is 12.4. The lowest BCUT2D eigenvalue weighted by Crippen LogP contribution is -2.44. The molecule has 1 aliphatic rings. The highest BCUT2D eigenvalue weighted by molar-refractivity contribution is 7.91. The minimum absolute atomic E-state index is 0.0477. The summed E-state index contributed by atoms with van der Waals surface area (Å²) in [5, 5.41) is 12.3. The average Bonchev–Trinajstić information content (AvgIpc) is 2.37. The van der Waals surface area contributed by atoms with Crippen molar-refractivity contribution in [2.75, 3.05) is 5.75 Å². The van der Waals surface area contributed by atoms with Crippen molar-refractivity contribution in [1.82, 2.24) is 5.32 Å². The maximum Gasteiger partial charge on any atom is 0.320 e. The number of rotatable bonds is 4. The van der Waals surface area contributed by atoms with Gasteiger partial charge in [0.15, 0.2) is 9.84 Å². The summed E-state index contributed by atoms with van der Waals surface area (Å²) in [6, 6.07) is 5.88. The molecule has 0 spiro atoms. The highest BCUT2D eigenvalue weighted by atomic mass is 32.2. The molecule has 20 heavy (non-hydrogen) atoms. The summed E-state index contributed by atoms with van der Waals surface area (Å²) < 4.78 is 24.1. The number of fused-ring (bicyclic) bond motifs is 1. The summed E-state index contributed by atoms with van der Waals surface area (Å²) in [5.41, 5.74) is 0.672. The monoisotopic (exact) mass is 297 g/mol. The second kappa shape index (κ2) is 5.54. The Balaban J connectivity index is 2.34. The first-order chi connectivity index (χ1) is 9.33. The van der Waals surface area contributed by atoms with Crippen molar-refractivity contribution in [3.63, 3.8) is 0 Å². The molecule has 1 aromatic carbocycles. The molecule has 2 unspecified atom stereocenters. The summed E-state index contributed by atoms with van der Waals surface area (Å²) in [6.07, 6.45) is 0.399. The molecule has 5 nitrogen and oxygen atoms in total. The zero-order valence-electron chi connectivity index (χ0n) is 11.5. The van der Waals surface area contributed by atoms with E-state index in [4.69, 9.17) is 0 Å². The molecular weight excluding hydrogens is 278 g/mol. The van der Waals surface area contributed by atoms with Crippen molar-refractivity contribution < 1.29 is 18.3 Å². The number of carboxylic acids is 1. The molecule has 1 aliphatic heterocycles. The van der Waals surface area contributed by atoms with Crippen LogP contribution in [0.2, 0.25) is 0 Å². The van der Waals surface area contributed by atoms with Gasteiger partial charge in [0.1, 0.15) is 6.04 Å². The molecule has 2 rings (SSSR count). The van der Waals surface area contributed by atoms with Gasteiger partial charge < -0.3 is 5.11 Å². The lowest BCUT2D eigenvalue weighted by Gasteiger charge is -2.30. The van der Waals surface area contributed by atoms with E-state index >= 15 is 0 Å². The number of nitrogens with one attached hydrogen (secondary N) is 1. The van der Waals surface area contributed by atoms with Crippen LogP contribution >= 0.6 is 0 Å². The number of carbonyl (C=O) groups is 1. The minimum atomic E-state index is -3.24. The van der Waals surface area contributed by atoms with Crippen LogP contribution in [0.5, 0.6) is 0 Å². The van der Waals surface area contributed by atoms with Crippen LogP contribution in [0.25, 0.3) is 0 Å². The van der Waals surface area contributed by atoms with E-state index < -0.39 is 21.8 Å². The number of benzene rings is 1. The van der Waals surface area contributed by atoms with Crippen molar-refractivity contribution in [1.29, 1.82) is 0 Å². The van der Waals surface area contributed by atoms with E-state index in [0.29, 0.717) is 16.9 Å². The quantitative estimate of drug-likeness (QED) is 0.882. The van der Waals surface area contributed by atoms with Crippen molar-refractivity contribution >= 4 is 15.8 Å². The van der Waals surface area contributed by atoms with Crippen molar-refractivity contribution in [2.24, 2.45) is 5.92 Å². The van der Waals surface area contributed by atoms with Gasteiger partial charge in [-0.05, 0) is 24.0 Å². The Kier molecular flexibility index (Phi) is 4.15. The van der Waals surface area contributed by atoms with Crippen LogP contribution in [-0.4, -0.2) is 31.3 Å². The normalized spacial score (nSPS) is 22.2. The van der Waals surface area contributed by atoms with Gasteiger partial charge in [-0.15, -0.1) is 0 Å². The molecule has 110 valence electrons. The largest absolute Gasteiger partial charge is 0.480 e. The Morgan fingerprint density at radius 2 is 2.00 bits per heavy atom. The highest BCUT2D eigenvalue weighted by Crippen LogP contribution is 2.32. The molecule has 0 fully saturated rings. The van der Waals surface area contributed by atoms with Gasteiger partial charge in [-0.2, -0.15) is 0 Å². The van der Waals surface area contributed by atoms with Crippen LogP contribution in [0.15, 0.2) is 29.2 Å². The Labute approximate surface area is 118 Å². The molecule has 1 aromatic rings. The van der Waals surface area contributed by atoms with E-state index in [1.165, 1.54) is 0 Å². The summed E-state index contributed by atoms with van der Waals surface area (Å²) in [5.74, 6) is -0.935. The van der Waals surface area contributed by atoms with Crippen LogP contribution in [0.3, 0.4) is 0 Å². The van der Waals surface area contributed by atoms with E-state index in [1.54, 1.807) is 24.3 Å². The topological polar surface area (TPSA) is 83.5 Å². The number of sulfone groups is 1. The number of hydrogen-bond acceptors (Lipinski definition) is 4. The van der Waals surface area contributed by atoms with Crippen LogP contribution in [0, 0.1) is 5.92 Å². The maximum absolute atomic E-state index is 12.0. The van der Waals surface area contributed by atoms with E-state index in [-0.39, 0.29) is 17.7 Å². The van der Waals surface area contributed by atoms with Gasteiger partial charge in [0.2, 0.25) is 0 Å². The van der Waals surface area contributed by atoms with Gasteiger partial charge in [-0.1, -0.05) is 32.0 Å². The summed E-state index contributed by atoms with van der Waals surface area (Å²) in [6.45, 7) is 3.66.